The number of ether oxygens (including phenoxy) is 2. The number of hydrogen-bond acceptors (Lipinski definition) is 7. The summed E-state index contributed by atoms with van der Waals surface area (Å²) in [7, 11) is 3.47. The van der Waals surface area contributed by atoms with Crippen LogP contribution in [0.4, 0.5) is 4.79 Å². The van der Waals surface area contributed by atoms with Crippen LogP contribution in [0.3, 0.4) is 0 Å². The van der Waals surface area contributed by atoms with Crippen LogP contribution < -0.4 is 0 Å². The Hall–Kier alpha value is -3.01. The smallest absolute Gasteiger partial charge is 0.409 e. The van der Waals surface area contributed by atoms with Crippen LogP contribution in [0.1, 0.15) is 62.4 Å². The number of carbonyl (C=O) groups is 2. The van der Waals surface area contributed by atoms with Gasteiger partial charge >= 0.3 is 12.1 Å². The number of pyridine rings is 1. The Balaban J connectivity index is 1.80. The Kier molecular flexibility index (Phi) is 8.37. The molecule has 0 spiro atoms. The van der Waals surface area contributed by atoms with E-state index in [0.717, 1.165) is 30.5 Å². The van der Waals surface area contributed by atoms with Crippen molar-refractivity contribution in [2.45, 2.75) is 64.6 Å². The molecular weight excluding hydrogens is 426 g/mol. The van der Waals surface area contributed by atoms with Gasteiger partial charge in [-0.25, -0.2) is 9.48 Å². The second-order valence-corrected chi connectivity index (χ2v) is 8.38. The van der Waals surface area contributed by atoms with Gasteiger partial charge < -0.3 is 19.5 Å². The maximum Gasteiger partial charge on any atom is 0.409 e. The van der Waals surface area contributed by atoms with Crippen molar-refractivity contribution in [3.8, 4) is 11.4 Å². The lowest BCUT2D eigenvalue weighted by Gasteiger charge is -2.30. The SMILES string of the molecule is CCCN(C)C(=O)OCc1c(-c2ccc(C3CCOC(CC(=O)O)C3)c(CC)n2)nnn1C. The number of carboxylic acids is 1. The van der Waals surface area contributed by atoms with E-state index in [-0.39, 0.29) is 25.0 Å². The fourth-order valence-corrected chi connectivity index (χ4v) is 4.20. The van der Waals surface area contributed by atoms with Crippen LogP contribution in [0.25, 0.3) is 11.4 Å². The molecule has 2 atom stereocenters. The molecule has 180 valence electrons. The van der Waals surface area contributed by atoms with Gasteiger partial charge in [-0.2, -0.15) is 0 Å². The number of hydrogen-bond donors (Lipinski definition) is 1. The quantitative estimate of drug-likeness (QED) is 0.607. The monoisotopic (exact) mass is 459 g/mol. The second-order valence-electron chi connectivity index (χ2n) is 8.38. The van der Waals surface area contributed by atoms with Gasteiger partial charge in [0.25, 0.3) is 0 Å². The van der Waals surface area contributed by atoms with Crippen LogP contribution in [0.2, 0.25) is 0 Å². The summed E-state index contributed by atoms with van der Waals surface area (Å²) in [6, 6.07) is 3.96. The van der Waals surface area contributed by atoms with E-state index in [9.17, 15) is 9.59 Å². The number of amides is 1. The van der Waals surface area contributed by atoms with Crippen molar-refractivity contribution in [1.29, 1.82) is 0 Å². The molecule has 1 saturated heterocycles. The van der Waals surface area contributed by atoms with Gasteiger partial charge in [0.1, 0.15) is 18.0 Å². The Bertz CT molecular complexity index is 976. The number of carbonyl (C=O) groups excluding carboxylic acids is 1. The van der Waals surface area contributed by atoms with E-state index in [1.807, 2.05) is 19.9 Å². The third-order valence-electron chi connectivity index (χ3n) is 5.94. The van der Waals surface area contributed by atoms with Crippen molar-refractivity contribution < 1.29 is 24.2 Å². The minimum atomic E-state index is -0.846. The van der Waals surface area contributed by atoms with Crippen LogP contribution in [0.5, 0.6) is 0 Å². The summed E-state index contributed by atoms with van der Waals surface area (Å²) in [6.07, 6.45) is 2.42. The highest BCUT2D eigenvalue weighted by Crippen LogP contribution is 2.34. The predicted molar refractivity (Wildman–Crippen MR) is 121 cm³/mol. The highest BCUT2D eigenvalue weighted by Gasteiger charge is 2.28. The largest absolute Gasteiger partial charge is 0.481 e. The lowest BCUT2D eigenvalue weighted by molar-refractivity contribution is -0.141. The average molecular weight is 460 g/mol. The van der Waals surface area contributed by atoms with E-state index in [4.69, 9.17) is 19.6 Å². The Morgan fingerprint density at radius 3 is 2.82 bits per heavy atom. The third kappa shape index (κ3) is 6.07. The van der Waals surface area contributed by atoms with Gasteiger partial charge in [-0.15, -0.1) is 5.10 Å². The van der Waals surface area contributed by atoms with Gasteiger partial charge in [0.05, 0.1) is 18.2 Å². The van der Waals surface area contributed by atoms with E-state index in [0.29, 0.717) is 36.7 Å². The molecule has 2 aromatic heterocycles. The Morgan fingerprint density at radius 1 is 1.33 bits per heavy atom. The Labute approximate surface area is 193 Å². The molecule has 0 aromatic carbocycles. The number of aromatic nitrogens is 4. The molecule has 3 rings (SSSR count). The van der Waals surface area contributed by atoms with Crippen molar-refractivity contribution in [3.05, 3.63) is 29.1 Å². The maximum atomic E-state index is 12.2. The first-order valence-corrected chi connectivity index (χ1v) is 11.4. The van der Waals surface area contributed by atoms with Gasteiger partial charge in [0.2, 0.25) is 0 Å². The molecule has 1 aliphatic heterocycles. The van der Waals surface area contributed by atoms with Crippen molar-refractivity contribution >= 4 is 12.1 Å². The van der Waals surface area contributed by atoms with E-state index < -0.39 is 12.1 Å². The topological polar surface area (TPSA) is 120 Å². The van der Waals surface area contributed by atoms with E-state index in [1.54, 1.807) is 18.8 Å². The fraction of sp³-hybridized carbons (Fsp3) is 0.609. The molecule has 0 bridgehead atoms. The minimum absolute atomic E-state index is 0.0125. The van der Waals surface area contributed by atoms with Crippen molar-refractivity contribution in [1.82, 2.24) is 24.9 Å². The molecule has 1 aliphatic rings. The highest BCUT2D eigenvalue weighted by molar-refractivity contribution is 5.68. The number of aliphatic carboxylic acids is 1. The molecule has 0 saturated carbocycles. The highest BCUT2D eigenvalue weighted by atomic mass is 16.6. The van der Waals surface area contributed by atoms with Crippen molar-refractivity contribution in [3.63, 3.8) is 0 Å². The van der Waals surface area contributed by atoms with Crippen molar-refractivity contribution in [2.75, 3.05) is 20.2 Å². The second kappa shape index (κ2) is 11.2. The van der Waals surface area contributed by atoms with Gasteiger partial charge in [-0.1, -0.05) is 25.1 Å². The molecule has 2 aromatic rings. The summed E-state index contributed by atoms with van der Waals surface area (Å²) in [6.45, 7) is 5.26. The van der Waals surface area contributed by atoms with Crippen LogP contribution in [0, 0.1) is 0 Å². The summed E-state index contributed by atoms with van der Waals surface area (Å²) < 4.78 is 12.7. The third-order valence-corrected chi connectivity index (χ3v) is 5.94. The normalized spacial score (nSPS) is 18.2. The lowest BCUT2D eigenvalue weighted by atomic mass is 9.86. The first-order valence-electron chi connectivity index (χ1n) is 11.4. The molecule has 0 radical (unpaired) electrons. The van der Waals surface area contributed by atoms with Crippen molar-refractivity contribution in [2.24, 2.45) is 7.05 Å². The maximum absolute atomic E-state index is 12.2. The fourth-order valence-electron chi connectivity index (χ4n) is 4.20. The zero-order valence-electron chi connectivity index (χ0n) is 19.8. The minimum Gasteiger partial charge on any atom is -0.481 e. The molecule has 10 nitrogen and oxygen atoms in total. The molecule has 10 heteroatoms. The molecule has 1 N–H and O–H groups in total. The number of rotatable bonds is 9. The van der Waals surface area contributed by atoms with Crippen LogP contribution in [-0.2, 0) is 34.3 Å². The zero-order chi connectivity index (χ0) is 24.0. The molecule has 2 unspecified atom stereocenters. The molecule has 0 aliphatic carbocycles. The first-order chi connectivity index (χ1) is 15.8. The number of carboxylic acid groups (broad SMARTS) is 1. The van der Waals surface area contributed by atoms with Gasteiger partial charge in [-0.05, 0) is 43.2 Å². The van der Waals surface area contributed by atoms with Gasteiger partial charge in [-0.3, -0.25) is 9.78 Å². The molecule has 3 heterocycles. The molecular formula is C23H33N5O5. The average Bonchev–Trinajstić information content (AvgIpc) is 3.17. The van der Waals surface area contributed by atoms with E-state index >= 15 is 0 Å². The molecule has 33 heavy (non-hydrogen) atoms. The van der Waals surface area contributed by atoms with Crippen LogP contribution in [-0.4, -0.2) is 68.4 Å². The first kappa shape index (κ1) is 24.6. The standard InChI is InChI=1S/C23H33N5O5/c1-5-10-27(3)23(31)33-14-20-22(25-26-28(20)4)19-8-7-17(18(6-2)24-19)15-9-11-32-16(12-15)13-21(29)30/h7-8,15-16H,5-6,9-14H2,1-4H3,(H,29,30). The van der Waals surface area contributed by atoms with E-state index in [1.165, 1.54) is 4.90 Å². The summed E-state index contributed by atoms with van der Waals surface area (Å²) in [5.74, 6) is -0.641. The molecule has 1 fully saturated rings. The predicted octanol–water partition coefficient (Wildman–Crippen LogP) is 3.16. The van der Waals surface area contributed by atoms with Crippen LogP contribution in [0.15, 0.2) is 12.1 Å². The summed E-state index contributed by atoms with van der Waals surface area (Å²) in [4.78, 5) is 29.7. The van der Waals surface area contributed by atoms with E-state index in [2.05, 4.69) is 16.4 Å². The lowest BCUT2D eigenvalue weighted by Crippen LogP contribution is -2.28. The van der Waals surface area contributed by atoms with Crippen LogP contribution >= 0.6 is 0 Å². The Morgan fingerprint density at radius 2 is 2.12 bits per heavy atom. The van der Waals surface area contributed by atoms with Gasteiger partial charge in [0.15, 0.2) is 0 Å². The molecule has 1 amide bonds. The number of nitrogens with zero attached hydrogens (tertiary/aromatic N) is 5. The zero-order valence-corrected chi connectivity index (χ0v) is 19.8. The van der Waals surface area contributed by atoms with Gasteiger partial charge in [0, 0.05) is 32.9 Å². The number of aryl methyl sites for hydroxylation is 2. The summed E-state index contributed by atoms with van der Waals surface area (Å²) >= 11 is 0. The summed E-state index contributed by atoms with van der Waals surface area (Å²) in [5, 5.41) is 17.5. The summed E-state index contributed by atoms with van der Waals surface area (Å²) in [5.41, 5.74) is 4.00.